The molecule has 1 aromatic heterocycles. The molecule has 1 heterocycles. The lowest BCUT2D eigenvalue weighted by Gasteiger charge is -2.01. The number of nitrogens with zero attached hydrogens (tertiary/aromatic N) is 1. The minimum Gasteiger partial charge on any atom is -0.330 e. The predicted octanol–water partition coefficient (Wildman–Crippen LogP) is 0.157. The summed E-state index contributed by atoms with van der Waals surface area (Å²) in [6.07, 6.45) is 2.88. The molecule has 12 heavy (non-hydrogen) atoms. The van der Waals surface area contributed by atoms with Crippen LogP contribution in [0.25, 0.3) is 0 Å². The highest BCUT2D eigenvalue weighted by Crippen LogP contribution is 2.00. The lowest BCUT2D eigenvalue weighted by Crippen LogP contribution is -2.17. The largest absolute Gasteiger partial charge is 0.330 e. The zero-order valence-electron chi connectivity index (χ0n) is 7.43. The van der Waals surface area contributed by atoms with E-state index in [-0.39, 0.29) is 0 Å². The topological polar surface area (TPSA) is 66.7 Å². The fourth-order valence-electron chi connectivity index (χ4n) is 1.00. The van der Waals surface area contributed by atoms with E-state index in [0.29, 0.717) is 0 Å². The number of H-pyrrole nitrogens is 1. The normalized spacial score (nSPS) is 10.5. The van der Waals surface area contributed by atoms with E-state index in [4.69, 9.17) is 5.73 Å². The van der Waals surface area contributed by atoms with Gasteiger partial charge in [-0.05, 0) is 26.4 Å². The molecule has 1 rings (SSSR count). The first-order chi connectivity index (χ1) is 5.84. The molecule has 0 radical (unpaired) electrons. The van der Waals surface area contributed by atoms with Crippen LogP contribution in [-0.2, 0) is 6.54 Å². The zero-order valence-corrected chi connectivity index (χ0v) is 7.43. The van der Waals surface area contributed by atoms with Gasteiger partial charge in [0.05, 0.1) is 6.20 Å². The third-order valence-electron chi connectivity index (χ3n) is 1.81. The predicted molar refractivity (Wildman–Crippen MR) is 48.7 cm³/mol. The summed E-state index contributed by atoms with van der Waals surface area (Å²) in [5.41, 5.74) is 7.72. The van der Waals surface area contributed by atoms with Gasteiger partial charge in [-0.25, -0.2) is 0 Å². The van der Waals surface area contributed by atoms with Crippen molar-refractivity contribution in [2.75, 3.05) is 13.1 Å². The maximum Gasteiger partial charge on any atom is 0.0535 e. The number of rotatable bonds is 5. The first kappa shape index (κ1) is 9.22. The van der Waals surface area contributed by atoms with Crippen molar-refractivity contribution in [3.63, 3.8) is 0 Å². The molecule has 0 aliphatic heterocycles. The van der Waals surface area contributed by atoms with Crippen molar-refractivity contribution in [1.29, 1.82) is 0 Å². The van der Waals surface area contributed by atoms with Crippen LogP contribution in [0.15, 0.2) is 6.20 Å². The maximum absolute atomic E-state index is 5.36. The highest BCUT2D eigenvalue weighted by atomic mass is 15.1. The van der Waals surface area contributed by atoms with E-state index in [9.17, 15) is 0 Å². The molecule has 0 unspecified atom stereocenters. The van der Waals surface area contributed by atoms with Crippen molar-refractivity contribution in [2.24, 2.45) is 5.73 Å². The molecular formula is C8H16N4. The summed E-state index contributed by atoms with van der Waals surface area (Å²) in [6.45, 7) is 4.62. The Balaban J connectivity index is 2.20. The average Bonchev–Trinajstić information content (AvgIpc) is 2.46. The van der Waals surface area contributed by atoms with E-state index in [1.54, 1.807) is 0 Å². The Kier molecular flexibility index (Phi) is 3.76. The van der Waals surface area contributed by atoms with Crippen molar-refractivity contribution in [3.8, 4) is 0 Å². The monoisotopic (exact) mass is 168 g/mol. The average molecular weight is 168 g/mol. The number of aromatic nitrogens is 2. The number of nitrogens with two attached hydrogens (primary N) is 1. The summed E-state index contributed by atoms with van der Waals surface area (Å²) in [6, 6.07) is 0. The number of hydrogen-bond acceptors (Lipinski definition) is 3. The molecule has 0 aliphatic carbocycles. The van der Waals surface area contributed by atoms with E-state index >= 15 is 0 Å². The van der Waals surface area contributed by atoms with Crippen LogP contribution in [0.4, 0.5) is 0 Å². The number of aryl methyl sites for hydroxylation is 1. The molecule has 0 aromatic carbocycles. The van der Waals surface area contributed by atoms with Crippen molar-refractivity contribution < 1.29 is 0 Å². The van der Waals surface area contributed by atoms with E-state index in [1.807, 2.05) is 13.1 Å². The fraction of sp³-hybridized carbons (Fsp3) is 0.625. The first-order valence-corrected chi connectivity index (χ1v) is 4.24. The van der Waals surface area contributed by atoms with E-state index in [0.717, 1.165) is 31.7 Å². The van der Waals surface area contributed by atoms with E-state index < -0.39 is 0 Å². The molecule has 4 nitrogen and oxygen atoms in total. The molecule has 0 saturated carbocycles. The van der Waals surface area contributed by atoms with Gasteiger partial charge in [0, 0.05) is 17.8 Å². The third kappa shape index (κ3) is 2.64. The van der Waals surface area contributed by atoms with Crippen molar-refractivity contribution >= 4 is 0 Å². The quantitative estimate of drug-likeness (QED) is 0.548. The SMILES string of the molecule is Cc1[nH]ncc1CNCCCN. The third-order valence-corrected chi connectivity index (χ3v) is 1.81. The Hall–Kier alpha value is -0.870. The zero-order chi connectivity index (χ0) is 8.81. The van der Waals surface area contributed by atoms with Crippen molar-refractivity contribution in [3.05, 3.63) is 17.5 Å². The molecule has 0 saturated heterocycles. The van der Waals surface area contributed by atoms with Crippen LogP contribution in [0.3, 0.4) is 0 Å². The molecule has 1 aromatic rings. The molecule has 0 atom stereocenters. The van der Waals surface area contributed by atoms with Crippen molar-refractivity contribution in [2.45, 2.75) is 19.9 Å². The van der Waals surface area contributed by atoms with Crippen LogP contribution < -0.4 is 11.1 Å². The van der Waals surface area contributed by atoms with Gasteiger partial charge in [-0.1, -0.05) is 0 Å². The minimum atomic E-state index is 0.747. The summed E-state index contributed by atoms with van der Waals surface area (Å²) in [5, 5.41) is 10.1. The Bertz CT molecular complexity index is 219. The highest BCUT2D eigenvalue weighted by Gasteiger charge is 1.97. The Labute approximate surface area is 72.5 Å². The second-order valence-corrected chi connectivity index (χ2v) is 2.84. The lowest BCUT2D eigenvalue weighted by atomic mass is 10.2. The summed E-state index contributed by atoms with van der Waals surface area (Å²) in [7, 11) is 0. The summed E-state index contributed by atoms with van der Waals surface area (Å²) >= 11 is 0. The van der Waals surface area contributed by atoms with Crippen LogP contribution in [-0.4, -0.2) is 23.3 Å². The van der Waals surface area contributed by atoms with Gasteiger partial charge < -0.3 is 11.1 Å². The van der Waals surface area contributed by atoms with Gasteiger partial charge in [0.1, 0.15) is 0 Å². The summed E-state index contributed by atoms with van der Waals surface area (Å²) < 4.78 is 0. The molecule has 0 amide bonds. The molecule has 0 fully saturated rings. The van der Waals surface area contributed by atoms with Gasteiger partial charge in [-0.15, -0.1) is 0 Å². The van der Waals surface area contributed by atoms with Gasteiger partial charge in [-0.2, -0.15) is 5.10 Å². The van der Waals surface area contributed by atoms with Crippen LogP contribution in [0.5, 0.6) is 0 Å². The maximum atomic E-state index is 5.36. The standard InChI is InChI=1S/C8H16N4/c1-7-8(6-11-12-7)5-10-4-2-3-9/h6,10H,2-5,9H2,1H3,(H,11,12). The van der Waals surface area contributed by atoms with Crippen LogP contribution in [0.2, 0.25) is 0 Å². The second-order valence-electron chi connectivity index (χ2n) is 2.84. The minimum absolute atomic E-state index is 0.747. The summed E-state index contributed by atoms with van der Waals surface area (Å²) in [4.78, 5) is 0. The number of aromatic amines is 1. The molecule has 0 aliphatic rings. The van der Waals surface area contributed by atoms with Crippen LogP contribution >= 0.6 is 0 Å². The van der Waals surface area contributed by atoms with Crippen molar-refractivity contribution in [1.82, 2.24) is 15.5 Å². The summed E-state index contributed by atoms with van der Waals surface area (Å²) in [5.74, 6) is 0. The second kappa shape index (κ2) is 4.90. The van der Waals surface area contributed by atoms with Gasteiger partial charge in [-0.3, -0.25) is 5.10 Å². The highest BCUT2D eigenvalue weighted by molar-refractivity contribution is 5.13. The Morgan fingerprint density at radius 3 is 3.08 bits per heavy atom. The van der Waals surface area contributed by atoms with Gasteiger partial charge in [0.2, 0.25) is 0 Å². The van der Waals surface area contributed by atoms with Gasteiger partial charge in [0.25, 0.3) is 0 Å². The smallest absolute Gasteiger partial charge is 0.0535 e. The number of hydrogen-bond donors (Lipinski definition) is 3. The molecule has 68 valence electrons. The molecule has 0 bridgehead atoms. The lowest BCUT2D eigenvalue weighted by molar-refractivity contribution is 0.654. The molecular weight excluding hydrogens is 152 g/mol. The van der Waals surface area contributed by atoms with Gasteiger partial charge >= 0.3 is 0 Å². The van der Waals surface area contributed by atoms with Crippen LogP contribution in [0.1, 0.15) is 17.7 Å². The Morgan fingerprint density at radius 2 is 2.50 bits per heavy atom. The Morgan fingerprint density at radius 1 is 1.67 bits per heavy atom. The van der Waals surface area contributed by atoms with E-state index in [2.05, 4.69) is 15.5 Å². The van der Waals surface area contributed by atoms with E-state index in [1.165, 1.54) is 5.56 Å². The fourth-order valence-corrected chi connectivity index (χ4v) is 1.00. The molecule has 0 spiro atoms. The molecule has 4 heteroatoms. The molecule has 4 N–H and O–H groups in total. The number of nitrogens with one attached hydrogen (secondary N) is 2. The van der Waals surface area contributed by atoms with Gasteiger partial charge in [0.15, 0.2) is 0 Å². The van der Waals surface area contributed by atoms with Crippen LogP contribution in [0, 0.1) is 6.92 Å². The first-order valence-electron chi connectivity index (χ1n) is 4.24.